The second-order valence-electron chi connectivity index (χ2n) is 6.06. The lowest BCUT2D eigenvalue weighted by atomic mass is 10.00. The summed E-state index contributed by atoms with van der Waals surface area (Å²) in [4.78, 5) is 12.8. The molecule has 0 aromatic heterocycles. The van der Waals surface area contributed by atoms with Gasteiger partial charge >= 0.3 is 0 Å². The van der Waals surface area contributed by atoms with Gasteiger partial charge in [-0.3, -0.25) is 15.0 Å². The highest BCUT2D eigenvalue weighted by Gasteiger charge is 2.41. The number of nitrogens with zero attached hydrogens (tertiary/aromatic N) is 2. The van der Waals surface area contributed by atoms with E-state index in [9.17, 15) is 15.2 Å². The normalized spacial score (nSPS) is 28.6. The summed E-state index contributed by atoms with van der Waals surface area (Å²) in [6.07, 6.45) is 1.81. The maximum absolute atomic E-state index is 11.0. The summed E-state index contributed by atoms with van der Waals surface area (Å²) in [5.41, 5.74) is 0.944. The summed E-state index contributed by atoms with van der Waals surface area (Å²) < 4.78 is 5.14. The van der Waals surface area contributed by atoms with Crippen LogP contribution in [0.15, 0.2) is 18.2 Å². The summed E-state index contributed by atoms with van der Waals surface area (Å²) in [5.74, 6) is 1.45. The van der Waals surface area contributed by atoms with Crippen molar-refractivity contribution in [2.45, 2.75) is 25.5 Å². The van der Waals surface area contributed by atoms with Gasteiger partial charge in [0.15, 0.2) is 0 Å². The molecule has 1 N–H and O–H groups in total. The zero-order valence-corrected chi connectivity index (χ0v) is 12.1. The molecule has 6 nitrogen and oxygen atoms in total. The van der Waals surface area contributed by atoms with Crippen LogP contribution in [-0.2, 0) is 6.54 Å². The first-order chi connectivity index (χ1) is 10.1. The van der Waals surface area contributed by atoms with Gasteiger partial charge in [0.1, 0.15) is 5.75 Å². The number of non-ortho nitro benzene ring substituents is 1. The number of aliphatic hydroxyl groups is 1. The average Bonchev–Trinajstić information content (AvgIpc) is 3.00. The largest absolute Gasteiger partial charge is 0.496 e. The molecule has 2 fully saturated rings. The predicted molar refractivity (Wildman–Crippen MR) is 77.1 cm³/mol. The molecule has 2 aliphatic rings. The van der Waals surface area contributed by atoms with Crippen molar-refractivity contribution in [3.63, 3.8) is 0 Å². The Morgan fingerprint density at radius 1 is 1.38 bits per heavy atom. The number of nitro groups is 1. The van der Waals surface area contributed by atoms with Crippen molar-refractivity contribution < 1.29 is 14.8 Å². The molecule has 1 saturated carbocycles. The maximum atomic E-state index is 11.0. The van der Waals surface area contributed by atoms with Crippen molar-refractivity contribution in [3.8, 4) is 5.75 Å². The molecule has 0 radical (unpaired) electrons. The van der Waals surface area contributed by atoms with E-state index in [4.69, 9.17) is 4.74 Å². The number of methoxy groups -OCH3 is 1. The second kappa shape index (κ2) is 5.61. The Bertz CT molecular complexity index is 548. The van der Waals surface area contributed by atoms with Crippen LogP contribution >= 0.6 is 0 Å². The van der Waals surface area contributed by atoms with Crippen molar-refractivity contribution in [2.24, 2.45) is 11.8 Å². The van der Waals surface area contributed by atoms with Gasteiger partial charge < -0.3 is 9.84 Å². The Morgan fingerprint density at radius 2 is 2.19 bits per heavy atom. The smallest absolute Gasteiger partial charge is 0.273 e. The lowest BCUT2D eigenvalue weighted by molar-refractivity contribution is -0.385. The zero-order chi connectivity index (χ0) is 15.0. The zero-order valence-electron chi connectivity index (χ0n) is 12.1. The van der Waals surface area contributed by atoms with E-state index in [1.807, 2.05) is 6.07 Å². The van der Waals surface area contributed by atoms with Crippen LogP contribution < -0.4 is 4.74 Å². The Morgan fingerprint density at radius 3 is 2.86 bits per heavy atom. The molecule has 0 spiro atoms. The van der Waals surface area contributed by atoms with Crippen molar-refractivity contribution in [2.75, 3.05) is 20.2 Å². The Hall–Kier alpha value is -1.66. The van der Waals surface area contributed by atoms with Crippen molar-refractivity contribution in [3.05, 3.63) is 33.9 Å². The first kappa shape index (κ1) is 14.3. The molecule has 1 aromatic carbocycles. The molecular formula is C15H20N2O4. The molecule has 1 heterocycles. The second-order valence-corrected chi connectivity index (χ2v) is 6.06. The lowest BCUT2D eigenvalue weighted by Crippen LogP contribution is -2.24. The average molecular weight is 292 g/mol. The molecule has 1 aliphatic heterocycles. The third-order valence-electron chi connectivity index (χ3n) is 4.70. The molecule has 3 rings (SSSR count). The monoisotopic (exact) mass is 292 g/mol. The molecule has 21 heavy (non-hydrogen) atoms. The third-order valence-corrected chi connectivity index (χ3v) is 4.70. The van der Waals surface area contributed by atoms with E-state index in [-0.39, 0.29) is 11.8 Å². The fraction of sp³-hybridized carbons (Fsp3) is 0.600. The third kappa shape index (κ3) is 2.87. The topological polar surface area (TPSA) is 75.8 Å². The number of benzene rings is 1. The van der Waals surface area contributed by atoms with E-state index in [1.54, 1.807) is 6.07 Å². The van der Waals surface area contributed by atoms with E-state index < -0.39 is 4.92 Å². The molecule has 3 atom stereocenters. The van der Waals surface area contributed by atoms with Gasteiger partial charge in [0.25, 0.3) is 5.69 Å². The quantitative estimate of drug-likeness (QED) is 0.676. The molecule has 0 amide bonds. The Balaban J connectivity index is 1.73. The molecule has 1 saturated heterocycles. The number of hydrogen-bond donors (Lipinski definition) is 1. The summed E-state index contributed by atoms with van der Waals surface area (Å²) in [6.45, 7) is 2.50. The van der Waals surface area contributed by atoms with Gasteiger partial charge in [0.2, 0.25) is 0 Å². The van der Waals surface area contributed by atoms with Crippen LogP contribution in [0.2, 0.25) is 0 Å². The van der Waals surface area contributed by atoms with Crippen LogP contribution in [0.25, 0.3) is 0 Å². The predicted octanol–water partition coefficient (Wildman–Crippen LogP) is 1.81. The lowest BCUT2D eigenvalue weighted by Gasteiger charge is -2.18. The van der Waals surface area contributed by atoms with Crippen LogP contribution in [-0.4, -0.2) is 41.2 Å². The molecule has 114 valence electrons. The van der Waals surface area contributed by atoms with Gasteiger partial charge in [-0.05, 0) is 30.4 Å². The standard InChI is InChI=1S/C15H20N2O4/c1-21-13-5-10(4-12(6-13)17(19)20)7-16-8-11-2-3-15(18)14(11)9-16/h4-6,11,14-15,18H,2-3,7-9H2,1H3. The van der Waals surface area contributed by atoms with Gasteiger partial charge in [0, 0.05) is 31.6 Å². The Labute approximate surface area is 123 Å². The molecule has 1 aromatic rings. The molecular weight excluding hydrogens is 272 g/mol. The highest BCUT2D eigenvalue weighted by atomic mass is 16.6. The van der Waals surface area contributed by atoms with Crippen molar-refractivity contribution >= 4 is 5.69 Å². The molecule has 3 unspecified atom stereocenters. The van der Waals surface area contributed by atoms with Crippen molar-refractivity contribution in [1.29, 1.82) is 0 Å². The minimum atomic E-state index is -0.394. The number of hydrogen-bond acceptors (Lipinski definition) is 5. The SMILES string of the molecule is COc1cc(CN2CC3CCC(O)C3C2)cc([N+](=O)[O-])c1. The van der Waals surface area contributed by atoms with E-state index in [0.29, 0.717) is 24.1 Å². The van der Waals surface area contributed by atoms with Gasteiger partial charge in [-0.2, -0.15) is 0 Å². The number of likely N-dealkylation sites (tertiary alicyclic amines) is 1. The molecule has 0 bridgehead atoms. The van der Waals surface area contributed by atoms with E-state index in [2.05, 4.69) is 4.90 Å². The Kier molecular flexibility index (Phi) is 3.82. The fourth-order valence-electron chi connectivity index (χ4n) is 3.67. The van der Waals surface area contributed by atoms with E-state index in [1.165, 1.54) is 13.2 Å². The van der Waals surface area contributed by atoms with Crippen LogP contribution in [0.4, 0.5) is 5.69 Å². The number of ether oxygens (including phenoxy) is 1. The highest BCUT2D eigenvalue weighted by molar-refractivity contribution is 5.42. The first-order valence-electron chi connectivity index (χ1n) is 7.29. The molecule has 1 aliphatic carbocycles. The first-order valence-corrected chi connectivity index (χ1v) is 7.29. The van der Waals surface area contributed by atoms with Crippen LogP contribution in [0.3, 0.4) is 0 Å². The van der Waals surface area contributed by atoms with Gasteiger partial charge in [-0.25, -0.2) is 0 Å². The van der Waals surface area contributed by atoms with Crippen LogP contribution in [0.5, 0.6) is 5.75 Å². The summed E-state index contributed by atoms with van der Waals surface area (Å²) in [5, 5.41) is 20.9. The van der Waals surface area contributed by atoms with Gasteiger partial charge in [-0.1, -0.05) is 0 Å². The minimum Gasteiger partial charge on any atom is -0.496 e. The number of nitro benzene ring substituents is 1. The fourth-order valence-corrected chi connectivity index (χ4v) is 3.67. The van der Waals surface area contributed by atoms with Gasteiger partial charge in [-0.15, -0.1) is 0 Å². The summed E-state index contributed by atoms with van der Waals surface area (Å²) >= 11 is 0. The van der Waals surface area contributed by atoms with Crippen molar-refractivity contribution in [1.82, 2.24) is 4.90 Å². The summed E-state index contributed by atoms with van der Waals surface area (Å²) in [7, 11) is 1.51. The maximum Gasteiger partial charge on any atom is 0.273 e. The van der Waals surface area contributed by atoms with E-state index >= 15 is 0 Å². The highest BCUT2D eigenvalue weighted by Crippen LogP contribution is 2.38. The van der Waals surface area contributed by atoms with E-state index in [0.717, 1.165) is 31.5 Å². The number of fused-ring (bicyclic) bond motifs is 1. The van der Waals surface area contributed by atoms with Crippen LogP contribution in [0.1, 0.15) is 18.4 Å². The molecule has 6 heteroatoms. The van der Waals surface area contributed by atoms with Gasteiger partial charge in [0.05, 0.1) is 24.2 Å². The number of aliphatic hydroxyl groups excluding tert-OH is 1. The number of rotatable bonds is 4. The minimum absolute atomic E-state index is 0.0591. The summed E-state index contributed by atoms with van der Waals surface area (Å²) in [6, 6.07) is 4.89. The van der Waals surface area contributed by atoms with Crippen LogP contribution in [0, 0.1) is 22.0 Å².